The largest absolute Gasteiger partial charge is 0.394 e. The number of nitriles is 1. The minimum atomic E-state index is -1.12. The molecule has 33 heavy (non-hydrogen) atoms. The third kappa shape index (κ3) is 5.29. The summed E-state index contributed by atoms with van der Waals surface area (Å²) in [6.45, 7) is 2.99. The van der Waals surface area contributed by atoms with Gasteiger partial charge in [0.05, 0.1) is 29.6 Å². The number of halogens is 1. The van der Waals surface area contributed by atoms with Crippen molar-refractivity contribution in [1.29, 1.82) is 5.26 Å². The van der Waals surface area contributed by atoms with Crippen molar-refractivity contribution in [3.05, 3.63) is 82.0 Å². The van der Waals surface area contributed by atoms with Gasteiger partial charge in [0, 0.05) is 16.8 Å². The van der Waals surface area contributed by atoms with E-state index >= 15 is 0 Å². The molecule has 0 aliphatic heterocycles. The van der Waals surface area contributed by atoms with Crippen LogP contribution in [0.15, 0.2) is 54.7 Å². The lowest BCUT2D eigenvalue weighted by molar-refractivity contribution is 0.101. The maximum Gasteiger partial charge on any atom is 0.256 e. The van der Waals surface area contributed by atoms with Crippen LogP contribution < -0.4 is 16.4 Å². The van der Waals surface area contributed by atoms with Crippen LogP contribution >= 0.6 is 11.6 Å². The molecule has 168 valence electrons. The lowest BCUT2D eigenvalue weighted by atomic mass is 9.84. The van der Waals surface area contributed by atoms with Crippen LogP contribution in [0.2, 0.25) is 5.02 Å². The van der Waals surface area contributed by atoms with Gasteiger partial charge in [0.2, 0.25) is 0 Å². The molecule has 0 spiro atoms. The van der Waals surface area contributed by atoms with E-state index in [1.54, 1.807) is 56.3 Å². The number of pyridine rings is 1. The minimum absolute atomic E-state index is 0.161. The first-order valence-electron chi connectivity index (χ1n) is 9.94. The van der Waals surface area contributed by atoms with Crippen molar-refractivity contribution in [2.45, 2.75) is 19.3 Å². The first kappa shape index (κ1) is 23.7. The van der Waals surface area contributed by atoms with E-state index in [-0.39, 0.29) is 17.4 Å². The molecule has 1 unspecified atom stereocenters. The van der Waals surface area contributed by atoms with E-state index in [4.69, 9.17) is 17.3 Å². The molecular formula is C24H22ClN5O3. The van der Waals surface area contributed by atoms with Gasteiger partial charge in [-0.1, -0.05) is 29.8 Å². The Morgan fingerprint density at radius 1 is 1.15 bits per heavy atom. The van der Waals surface area contributed by atoms with Gasteiger partial charge in [0.1, 0.15) is 11.2 Å². The summed E-state index contributed by atoms with van der Waals surface area (Å²) in [6.07, 6.45) is 1.40. The Morgan fingerprint density at radius 2 is 1.88 bits per heavy atom. The van der Waals surface area contributed by atoms with Gasteiger partial charge in [-0.05, 0) is 55.3 Å². The molecule has 0 aliphatic carbocycles. The van der Waals surface area contributed by atoms with Crippen molar-refractivity contribution in [3.8, 4) is 6.07 Å². The van der Waals surface area contributed by atoms with Crippen molar-refractivity contribution in [1.82, 2.24) is 4.98 Å². The molecule has 1 heterocycles. The number of nitrogen functional groups attached to an aromatic ring is 1. The minimum Gasteiger partial charge on any atom is -0.394 e. The Bertz CT molecular complexity index is 1270. The lowest BCUT2D eigenvalue weighted by Gasteiger charge is -2.19. The van der Waals surface area contributed by atoms with Gasteiger partial charge in [0.25, 0.3) is 11.8 Å². The number of anilines is 3. The first-order chi connectivity index (χ1) is 15.7. The third-order valence-electron chi connectivity index (χ3n) is 5.19. The predicted molar refractivity (Wildman–Crippen MR) is 127 cm³/mol. The van der Waals surface area contributed by atoms with Crippen LogP contribution in [0.1, 0.15) is 38.8 Å². The van der Waals surface area contributed by atoms with Crippen LogP contribution in [0, 0.1) is 18.3 Å². The van der Waals surface area contributed by atoms with E-state index in [1.807, 2.05) is 0 Å². The fraction of sp³-hybridized carbons (Fsp3) is 0.167. The van der Waals surface area contributed by atoms with Gasteiger partial charge in [-0.3, -0.25) is 9.59 Å². The number of aliphatic hydroxyl groups is 1. The number of amides is 2. The molecule has 5 N–H and O–H groups in total. The number of rotatable bonds is 6. The standard InChI is InChI=1S/C24H22ClN5O3/c1-14-6-7-17(9-19(14)23(33)30-18-10-20(25)21(27)28-11-18)29-22(32)15-4-3-5-16(8-15)24(2,12-26)13-31/h3-11,31H,13H2,1-2H3,(H2,27,28)(H,29,32)(H,30,33). The summed E-state index contributed by atoms with van der Waals surface area (Å²) in [5.74, 6) is -0.658. The Hall–Kier alpha value is -3.93. The zero-order valence-corrected chi connectivity index (χ0v) is 18.8. The SMILES string of the molecule is Cc1ccc(NC(=O)c2cccc(C(C)(C#N)CO)c2)cc1C(=O)Nc1cnc(N)c(Cl)c1. The second-order valence-corrected chi connectivity index (χ2v) is 8.12. The van der Waals surface area contributed by atoms with Crippen LogP contribution in [0.4, 0.5) is 17.2 Å². The molecule has 3 aromatic rings. The topological polar surface area (TPSA) is 141 Å². The molecule has 0 saturated carbocycles. The molecule has 1 aromatic heterocycles. The molecule has 3 rings (SSSR count). The Morgan fingerprint density at radius 3 is 2.55 bits per heavy atom. The summed E-state index contributed by atoms with van der Waals surface area (Å²) >= 11 is 5.96. The van der Waals surface area contributed by atoms with Gasteiger partial charge < -0.3 is 21.5 Å². The second-order valence-electron chi connectivity index (χ2n) is 7.71. The number of nitrogens with two attached hydrogens (primary N) is 1. The summed E-state index contributed by atoms with van der Waals surface area (Å²) in [7, 11) is 0. The number of aromatic nitrogens is 1. The van der Waals surface area contributed by atoms with Gasteiger partial charge >= 0.3 is 0 Å². The van der Waals surface area contributed by atoms with E-state index in [2.05, 4.69) is 21.7 Å². The zero-order chi connectivity index (χ0) is 24.2. The van der Waals surface area contributed by atoms with Crippen molar-refractivity contribution in [3.63, 3.8) is 0 Å². The molecule has 2 amide bonds. The average Bonchev–Trinajstić information content (AvgIpc) is 2.82. The monoisotopic (exact) mass is 463 g/mol. The van der Waals surface area contributed by atoms with E-state index in [1.165, 1.54) is 12.3 Å². The number of benzene rings is 2. The summed E-state index contributed by atoms with van der Waals surface area (Å²) in [6, 6.07) is 15.0. The fourth-order valence-corrected chi connectivity index (χ4v) is 3.22. The molecular weight excluding hydrogens is 442 g/mol. The van der Waals surface area contributed by atoms with Crippen molar-refractivity contribution >= 4 is 40.6 Å². The summed E-state index contributed by atoms with van der Waals surface area (Å²) in [5, 5.41) is 24.6. The van der Waals surface area contributed by atoms with Crippen LogP contribution in [-0.2, 0) is 5.41 Å². The number of hydrogen-bond donors (Lipinski definition) is 4. The smallest absolute Gasteiger partial charge is 0.256 e. The highest BCUT2D eigenvalue weighted by Crippen LogP contribution is 2.25. The zero-order valence-electron chi connectivity index (χ0n) is 18.0. The second kappa shape index (κ2) is 9.69. The van der Waals surface area contributed by atoms with Crippen LogP contribution in [0.25, 0.3) is 0 Å². The normalized spacial score (nSPS) is 12.3. The summed E-state index contributed by atoms with van der Waals surface area (Å²) < 4.78 is 0. The number of carbonyl (C=O) groups excluding carboxylic acids is 2. The highest BCUT2D eigenvalue weighted by atomic mass is 35.5. The van der Waals surface area contributed by atoms with Crippen molar-refractivity contribution < 1.29 is 14.7 Å². The molecule has 0 bridgehead atoms. The molecule has 8 nitrogen and oxygen atoms in total. The number of aliphatic hydroxyl groups excluding tert-OH is 1. The number of nitrogens with zero attached hydrogens (tertiary/aromatic N) is 2. The van der Waals surface area contributed by atoms with E-state index in [9.17, 15) is 20.0 Å². The molecule has 1 atom stereocenters. The van der Waals surface area contributed by atoms with Crippen molar-refractivity contribution in [2.24, 2.45) is 0 Å². The van der Waals surface area contributed by atoms with Crippen LogP contribution in [0.3, 0.4) is 0 Å². The predicted octanol–water partition coefficient (Wildman–Crippen LogP) is 3.90. The van der Waals surface area contributed by atoms with Gasteiger partial charge in [-0.25, -0.2) is 4.98 Å². The van der Waals surface area contributed by atoms with E-state index in [0.29, 0.717) is 33.6 Å². The fourth-order valence-electron chi connectivity index (χ4n) is 3.06. The highest BCUT2D eigenvalue weighted by Gasteiger charge is 2.26. The number of aryl methyl sites for hydroxylation is 1. The average molecular weight is 464 g/mol. The molecule has 2 aromatic carbocycles. The Kier molecular flexibility index (Phi) is 6.97. The van der Waals surface area contributed by atoms with Crippen LogP contribution in [0.5, 0.6) is 0 Å². The number of nitrogens with one attached hydrogen (secondary N) is 2. The molecule has 0 aliphatic rings. The maximum absolute atomic E-state index is 12.8. The number of carbonyl (C=O) groups is 2. The summed E-state index contributed by atoms with van der Waals surface area (Å²) in [5.41, 5.74) is 7.17. The Balaban J connectivity index is 1.81. The quantitative estimate of drug-likeness (QED) is 0.436. The van der Waals surface area contributed by atoms with Gasteiger partial charge in [-0.15, -0.1) is 0 Å². The highest BCUT2D eigenvalue weighted by molar-refractivity contribution is 6.33. The number of hydrogen-bond acceptors (Lipinski definition) is 6. The molecule has 0 radical (unpaired) electrons. The molecule has 9 heteroatoms. The first-order valence-corrected chi connectivity index (χ1v) is 10.3. The van der Waals surface area contributed by atoms with E-state index < -0.39 is 17.2 Å². The molecule has 0 saturated heterocycles. The maximum atomic E-state index is 12.8. The van der Waals surface area contributed by atoms with Gasteiger partial charge in [0.15, 0.2) is 0 Å². The summed E-state index contributed by atoms with van der Waals surface area (Å²) in [4.78, 5) is 29.5. The lowest BCUT2D eigenvalue weighted by Crippen LogP contribution is -2.25. The Labute approximate surface area is 196 Å². The van der Waals surface area contributed by atoms with E-state index in [0.717, 1.165) is 0 Å². The van der Waals surface area contributed by atoms with Crippen molar-refractivity contribution in [2.75, 3.05) is 23.0 Å². The van der Waals surface area contributed by atoms with Crippen LogP contribution in [-0.4, -0.2) is 28.5 Å². The molecule has 0 fully saturated rings. The van der Waals surface area contributed by atoms with Gasteiger partial charge in [-0.2, -0.15) is 5.26 Å². The third-order valence-corrected chi connectivity index (χ3v) is 5.50.